The van der Waals surface area contributed by atoms with Crippen LogP contribution in [0.2, 0.25) is 0 Å². The molecule has 0 bridgehead atoms. The molecule has 0 aliphatic carbocycles. The zero-order chi connectivity index (χ0) is 20.0. The van der Waals surface area contributed by atoms with Crippen molar-refractivity contribution in [1.82, 2.24) is 14.9 Å². The maximum absolute atomic E-state index is 12.3. The molecule has 1 aromatic carbocycles. The number of hydrogen-bond donors (Lipinski definition) is 0. The van der Waals surface area contributed by atoms with Crippen molar-refractivity contribution in [1.29, 1.82) is 0 Å². The zero-order valence-electron chi connectivity index (χ0n) is 16.5. The van der Waals surface area contributed by atoms with Gasteiger partial charge in [0.15, 0.2) is 5.84 Å². The smallest absolute Gasteiger partial charge is 0.285 e. The number of rotatable bonds is 2. The summed E-state index contributed by atoms with van der Waals surface area (Å²) in [4.78, 5) is 16.3. The minimum atomic E-state index is -3.59. The van der Waals surface area contributed by atoms with Crippen molar-refractivity contribution >= 4 is 27.6 Å². The second-order valence-corrected chi connectivity index (χ2v) is 9.29. The normalized spacial score (nSPS) is 20.7. The van der Waals surface area contributed by atoms with E-state index in [1.807, 2.05) is 19.1 Å². The van der Waals surface area contributed by atoms with Crippen LogP contribution in [0.1, 0.15) is 24.1 Å². The van der Waals surface area contributed by atoms with Gasteiger partial charge in [-0.05, 0) is 31.9 Å². The van der Waals surface area contributed by atoms with Crippen LogP contribution in [0.5, 0.6) is 0 Å². The van der Waals surface area contributed by atoms with Gasteiger partial charge in [-0.3, -0.25) is 0 Å². The molecule has 5 rings (SSSR count). The predicted octanol–water partition coefficient (Wildman–Crippen LogP) is 1.66. The second kappa shape index (κ2) is 6.98. The minimum Gasteiger partial charge on any atom is -0.356 e. The highest BCUT2D eigenvalue weighted by Crippen LogP contribution is 2.28. The lowest BCUT2D eigenvalue weighted by atomic mass is 10.1. The number of sulfonamides is 1. The first kappa shape index (κ1) is 18.4. The van der Waals surface area contributed by atoms with Crippen molar-refractivity contribution in [2.45, 2.75) is 24.7 Å². The maximum atomic E-state index is 12.3. The van der Waals surface area contributed by atoms with Gasteiger partial charge in [0.25, 0.3) is 10.0 Å². The van der Waals surface area contributed by atoms with Gasteiger partial charge in [-0.2, -0.15) is 13.4 Å². The van der Waals surface area contributed by atoms with Gasteiger partial charge in [-0.1, -0.05) is 12.1 Å². The Labute approximate surface area is 170 Å². The van der Waals surface area contributed by atoms with Crippen LogP contribution in [0.4, 0.5) is 11.8 Å². The van der Waals surface area contributed by atoms with E-state index in [2.05, 4.69) is 30.1 Å². The van der Waals surface area contributed by atoms with Crippen molar-refractivity contribution in [3.05, 3.63) is 41.6 Å². The maximum Gasteiger partial charge on any atom is 0.285 e. The van der Waals surface area contributed by atoms with Crippen molar-refractivity contribution in [2.75, 3.05) is 49.1 Å². The molecule has 0 radical (unpaired) electrons. The Morgan fingerprint density at radius 1 is 0.862 bits per heavy atom. The van der Waals surface area contributed by atoms with Crippen LogP contribution >= 0.6 is 0 Å². The highest BCUT2D eigenvalue weighted by molar-refractivity contribution is 7.90. The number of fused-ring (bicyclic) bond motifs is 1. The lowest BCUT2D eigenvalue weighted by Crippen LogP contribution is -2.49. The lowest BCUT2D eigenvalue weighted by molar-refractivity contribution is 0.384. The third-order valence-corrected chi connectivity index (χ3v) is 7.06. The Bertz CT molecular complexity index is 1070. The van der Waals surface area contributed by atoms with Crippen LogP contribution in [0, 0.1) is 6.92 Å². The summed E-state index contributed by atoms with van der Waals surface area (Å²) in [6.07, 6.45) is 2.42. The lowest BCUT2D eigenvalue weighted by Gasteiger charge is -2.36. The summed E-state index contributed by atoms with van der Waals surface area (Å²) in [7, 11) is -3.59. The molecule has 0 amide bonds. The third-order valence-electron chi connectivity index (χ3n) is 5.73. The van der Waals surface area contributed by atoms with Crippen LogP contribution in [0.15, 0.2) is 39.6 Å². The average molecular weight is 413 g/mol. The number of aryl methyl sites for hydroxylation is 1. The molecule has 0 unspecified atom stereocenters. The minimum absolute atomic E-state index is 0.301. The van der Waals surface area contributed by atoms with E-state index >= 15 is 0 Å². The molecule has 2 saturated heterocycles. The fourth-order valence-corrected chi connectivity index (χ4v) is 5.45. The van der Waals surface area contributed by atoms with E-state index in [1.54, 1.807) is 12.1 Å². The van der Waals surface area contributed by atoms with E-state index < -0.39 is 10.0 Å². The molecular weight excluding hydrogens is 388 g/mol. The first-order valence-corrected chi connectivity index (χ1v) is 11.5. The Morgan fingerprint density at radius 3 is 2.31 bits per heavy atom. The Morgan fingerprint density at radius 2 is 1.55 bits per heavy atom. The summed E-state index contributed by atoms with van der Waals surface area (Å²) in [5.74, 6) is 2.32. The van der Waals surface area contributed by atoms with Gasteiger partial charge >= 0.3 is 0 Å². The topological polar surface area (TPSA) is 82.0 Å². The van der Waals surface area contributed by atoms with Gasteiger partial charge in [0, 0.05) is 56.6 Å². The van der Waals surface area contributed by atoms with Gasteiger partial charge < -0.3 is 14.7 Å². The molecular formula is C20H24N6O2S. The first-order chi connectivity index (χ1) is 14.0. The molecule has 0 saturated carbocycles. The number of hydrogen-bond acceptors (Lipinski definition) is 7. The van der Waals surface area contributed by atoms with Gasteiger partial charge in [0.2, 0.25) is 5.95 Å². The SMILES string of the molecule is Cc1cc(N2CCCC2)nc(N2CCN(C3=NS(=O)(=O)c4ccccc43)CC2)n1. The second-order valence-electron chi connectivity index (χ2n) is 7.72. The summed E-state index contributed by atoms with van der Waals surface area (Å²) >= 11 is 0. The number of piperazine rings is 1. The molecule has 2 fully saturated rings. The summed E-state index contributed by atoms with van der Waals surface area (Å²) in [6, 6.07) is 9.10. The Kier molecular flexibility index (Phi) is 4.42. The summed E-state index contributed by atoms with van der Waals surface area (Å²) in [5.41, 5.74) is 1.67. The standard InChI is InChI=1S/C20H24N6O2S/c1-15-14-18(24-8-4-5-9-24)22-20(21-15)26-12-10-25(11-13-26)19-16-6-2-3-7-17(16)29(27,28)23-19/h2-3,6-7,14H,4-5,8-13H2,1H3. The summed E-state index contributed by atoms with van der Waals surface area (Å²) < 4.78 is 28.7. The average Bonchev–Trinajstić information content (AvgIpc) is 3.35. The zero-order valence-corrected chi connectivity index (χ0v) is 17.3. The molecule has 29 heavy (non-hydrogen) atoms. The Balaban J connectivity index is 1.34. The van der Waals surface area contributed by atoms with Crippen molar-refractivity contribution in [3.63, 3.8) is 0 Å². The number of nitrogens with zero attached hydrogens (tertiary/aromatic N) is 6. The van der Waals surface area contributed by atoms with Crippen LogP contribution in [-0.4, -0.2) is 68.4 Å². The highest BCUT2D eigenvalue weighted by Gasteiger charge is 2.33. The molecule has 9 heteroatoms. The summed E-state index contributed by atoms with van der Waals surface area (Å²) in [6.45, 7) is 6.93. The molecule has 2 aromatic rings. The molecule has 4 heterocycles. The molecule has 3 aliphatic heterocycles. The van der Waals surface area contributed by atoms with E-state index in [0.29, 0.717) is 29.4 Å². The molecule has 3 aliphatic rings. The molecule has 8 nitrogen and oxygen atoms in total. The molecule has 0 atom stereocenters. The largest absolute Gasteiger partial charge is 0.356 e. The fraction of sp³-hybridized carbons (Fsp3) is 0.450. The van der Waals surface area contributed by atoms with Crippen LogP contribution in [0.3, 0.4) is 0 Å². The number of aromatic nitrogens is 2. The van der Waals surface area contributed by atoms with Crippen molar-refractivity contribution < 1.29 is 8.42 Å². The van der Waals surface area contributed by atoms with Crippen LogP contribution in [0.25, 0.3) is 0 Å². The predicted molar refractivity (Wildman–Crippen MR) is 112 cm³/mol. The van der Waals surface area contributed by atoms with Gasteiger partial charge in [-0.25, -0.2) is 4.98 Å². The van der Waals surface area contributed by atoms with E-state index in [1.165, 1.54) is 12.8 Å². The van der Waals surface area contributed by atoms with Crippen LogP contribution in [-0.2, 0) is 10.0 Å². The highest BCUT2D eigenvalue weighted by atomic mass is 32.2. The summed E-state index contributed by atoms with van der Waals surface area (Å²) in [5, 5.41) is 0. The molecule has 1 aromatic heterocycles. The number of benzene rings is 1. The first-order valence-electron chi connectivity index (χ1n) is 10.1. The monoisotopic (exact) mass is 412 g/mol. The Hall–Kier alpha value is -2.68. The fourth-order valence-electron chi connectivity index (χ4n) is 4.22. The third kappa shape index (κ3) is 3.33. The van der Waals surface area contributed by atoms with Crippen LogP contribution < -0.4 is 9.80 Å². The van der Waals surface area contributed by atoms with Crippen molar-refractivity contribution in [3.8, 4) is 0 Å². The number of amidine groups is 1. The quantitative estimate of drug-likeness (QED) is 0.742. The van der Waals surface area contributed by atoms with Gasteiger partial charge in [0.05, 0.1) is 0 Å². The van der Waals surface area contributed by atoms with E-state index in [-0.39, 0.29) is 0 Å². The molecule has 0 N–H and O–H groups in total. The van der Waals surface area contributed by atoms with E-state index in [0.717, 1.165) is 43.6 Å². The van der Waals surface area contributed by atoms with Gasteiger partial charge in [-0.15, -0.1) is 4.40 Å². The van der Waals surface area contributed by atoms with E-state index in [9.17, 15) is 8.42 Å². The van der Waals surface area contributed by atoms with Gasteiger partial charge in [0.1, 0.15) is 10.7 Å². The molecule has 0 spiro atoms. The van der Waals surface area contributed by atoms with E-state index in [4.69, 9.17) is 4.98 Å². The van der Waals surface area contributed by atoms with Crippen molar-refractivity contribution in [2.24, 2.45) is 4.40 Å². The number of anilines is 2. The molecule has 152 valence electrons.